The van der Waals surface area contributed by atoms with Crippen LogP contribution in [-0.4, -0.2) is 42.4 Å². The Morgan fingerprint density at radius 1 is 1.33 bits per heavy atom. The van der Waals surface area contributed by atoms with Crippen LogP contribution in [0.3, 0.4) is 0 Å². The molecule has 0 saturated carbocycles. The lowest BCUT2D eigenvalue weighted by atomic mass is 10.1. The monoisotopic (exact) mass is 298 g/mol. The second-order valence-electron chi connectivity index (χ2n) is 5.85. The van der Waals surface area contributed by atoms with Crippen molar-refractivity contribution in [3.8, 4) is 5.75 Å². The second kappa shape index (κ2) is 7.95. The van der Waals surface area contributed by atoms with Crippen LogP contribution in [0.25, 0.3) is 0 Å². The van der Waals surface area contributed by atoms with Crippen LogP contribution in [0.4, 0.5) is 4.39 Å². The molecule has 1 unspecified atom stereocenters. The van der Waals surface area contributed by atoms with E-state index >= 15 is 0 Å². The van der Waals surface area contributed by atoms with Gasteiger partial charge < -0.3 is 20.5 Å². The van der Waals surface area contributed by atoms with Gasteiger partial charge in [0.2, 0.25) is 5.91 Å². The maximum atomic E-state index is 12.7. The predicted octanol–water partition coefficient (Wildman–Crippen LogP) is 1.07. The van der Waals surface area contributed by atoms with Crippen molar-refractivity contribution in [1.82, 2.24) is 10.6 Å². The van der Waals surface area contributed by atoms with E-state index in [0.29, 0.717) is 5.75 Å². The number of hydrogen-bond donors (Lipinski definition) is 3. The molecular weight excluding hydrogens is 275 g/mol. The van der Waals surface area contributed by atoms with E-state index in [2.05, 4.69) is 10.6 Å². The first-order valence-electron chi connectivity index (χ1n) is 6.84. The molecule has 1 amide bonds. The first-order chi connectivity index (χ1) is 9.76. The van der Waals surface area contributed by atoms with Gasteiger partial charge in [-0.3, -0.25) is 4.79 Å². The summed E-state index contributed by atoms with van der Waals surface area (Å²) >= 11 is 0. The van der Waals surface area contributed by atoms with Crippen LogP contribution in [0.15, 0.2) is 24.3 Å². The lowest BCUT2D eigenvalue weighted by molar-refractivity contribution is -0.121. The van der Waals surface area contributed by atoms with Gasteiger partial charge in [0.05, 0.1) is 6.54 Å². The minimum atomic E-state index is -0.752. The SMILES string of the molecule is CC(C)(C)NC(=O)CNCC(O)COc1ccc(F)cc1. The van der Waals surface area contributed by atoms with E-state index in [1.54, 1.807) is 0 Å². The molecule has 0 aliphatic heterocycles. The Morgan fingerprint density at radius 2 is 1.95 bits per heavy atom. The van der Waals surface area contributed by atoms with Crippen molar-refractivity contribution in [2.75, 3.05) is 19.7 Å². The fraction of sp³-hybridized carbons (Fsp3) is 0.533. The Bertz CT molecular complexity index is 443. The number of carbonyl (C=O) groups excluding carboxylic acids is 1. The summed E-state index contributed by atoms with van der Waals surface area (Å²) in [6, 6.07) is 5.56. The fourth-order valence-corrected chi connectivity index (χ4v) is 1.60. The van der Waals surface area contributed by atoms with E-state index < -0.39 is 6.10 Å². The molecule has 0 fully saturated rings. The smallest absolute Gasteiger partial charge is 0.234 e. The third kappa shape index (κ3) is 8.27. The summed E-state index contributed by atoms with van der Waals surface area (Å²) < 4.78 is 18.0. The van der Waals surface area contributed by atoms with Gasteiger partial charge in [-0.15, -0.1) is 0 Å². The molecule has 0 radical (unpaired) electrons. The van der Waals surface area contributed by atoms with Crippen molar-refractivity contribution in [3.05, 3.63) is 30.1 Å². The zero-order valence-electron chi connectivity index (χ0n) is 12.6. The Balaban J connectivity index is 2.18. The van der Waals surface area contributed by atoms with E-state index in [9.17, 15) is 14.3 Å². The molecule has 21 heavy (non-hydrogen) atoms. The Kier molecular flexibility index (Phi) is 6.58. The number of halogens is 1. The number of hydrogen-bond acceptors (Lipinski definition) is 4. The Morgan fingerprint density at radius 3 is 2.52 bits per heavy atom. The van der Waals surface area contributed by atoms with E-state index in [4.69, 9.17) is 4.74 Å². The van der Waals surface area contributed by atoms with Gasteiger partial charge in [0, 0.05) is 12.1 Å². The third-order valence-electron chi connectivity index (χ3n) is 2.44. The summed E-state index contributed by atoms with van der Waals surface area (Å²) in [5, 5.41) is 15.4. The summed E-state index contributed by atoms with van der Waals surface area (Å²) in [5.74, 6) is 0.0181. The fourth-order valence-electron chi connectivity index (χ4n) is 1.60. The third-order valence-corrected chi connectivity index (χ3v) is 2.44. The van der Waals surface area contributed by atoms with Crippen LogP contribution in [0, 0.1) is 5.82 Å². The van der Waals surface area contributed by atoms with Crippen molar-refractivity contribution in [3.63, 3.8) is 0 Å². The van der Waals surface area contributed by atoms with Crippen LogP contribution in [0.5, 0.6) is 5.75 Å². The molecule has 0 saturated heterocycles. The highest BCUT2D eigenvalue weighted by Gasteiger charge is 2.13. The Labute approximate surface area is 124 Å². The Hall–Kier alpha value is -1.66. The van der Waals surface area contributed by atoms with Gasteiger partial charge in [-0.05, 0) is 45.0 Å². The van der Waals surface area contributed by atoms with Gasteiger partial charge in [-0.1, -0.05) is 0 Å². The molecule has 1 atom stereocenters. The van der Waals surface area contributed by atoms with Gasteiger partial charge in [0.1, 0.15) is 24.3 Å². The standard InChI is InChI=1S/C15H23FN2O3/c1-15(2,3)18-14(20)9-17-8-12(19)10-21-13-6-4-11(16)5-7-13/h4-7,12,17,19H,8-10H2,1-3H3,(H,18,20). The maximum Gasteiger partial charge on any atom is 0.234 e. The molecule has 0 aliphatic rings. The van der Waals surface area contributed by atoms with Crippen LogP contribution >= 0.6 is 0 Å². The van der Waals surface area contributed by atoms with E-state index in [-0.39, 0.29) is 37.0 Å². The molecule has 5 nitrogen and oxygen atoms in total. The molecule has 0 heterocycles. The number of carbonyl (C=O) groups is 1. The van der Waals surface area contributed by atoms with E-state index in [1.165, 1.54) is 24.3 Å². The molecule has 118 valence electrons. The predicted molar refractivity (Wildman–Crippen MR) is 78.7 cm³/mol. The molecule has 0 aliphatic carbocycles. The normalized spacial score (nSPS) is 12.8. The summed E-state index contributed by atoms with van der Waals surface area (Å²) in [6.07, 6.45) is -0.752. The number of nitrogens with one attached hydrogen (secondary N) is 2. The average molecular weight is 298 g/mol. The molecule has 0 bridgehead atoms. The van der Waals surface area contributed by atoms with Crippen LogP contribution < -0.4 is 15.4 Å². The quantitative estimate of drug-likeness (QED) is 0.704. The van der Waals surface area contributed by atoms with Crippen molar-refractivity contribution in [1.29, 1.82) is 0 Å². The molecule has 1 aromatic rings. The van der Waals surface area contributed by atoms with Gasteiger partial charge in [-0.2, -0.15) is 0 Å². The van der Waals surface area contributed by atoms with Gasteiger partial charge >= 0.3 is 0 Å². The molecule has 0 aromatic heterocycles. The van der Waals surface area contributed by atoms with Gasteiger partial charge in [0.25, 0.3) is 0 Å². The molecule has 1 rings (SSSR count). The largest absolute Gasteiger partial charge is 0.491 e. The molecular formula is C15H23FN2O3. The van der Waals surface area contributed by atoms with Crippen molar-refractivity contribution < 1.29 is 19.0 Å². The molecule has 6 heteroatoms. The van der Waals surface area contributed by atoms with Crippen molar-refractivity contribution in [2.24, 2.45) is 0 Å². The number of rotatable bonds is 7. The van der Waals surface area contributed by atoms with Crippen LogP contribution in [0.2, 0.25) is 0 Å². The molecule has 3 N–H and O–H groups in total. The molecule has 1 aromatic carbocycles. The van der Waals surface area contributed by atoms with Crippen molar-refractivity contribution in [2.45, 2.75) is 32.4 Å². The lowest BCUT2D eigenvalue weighted by Gasteiger charge is -2.21. The van der Waals surface area contributed by atoms with Crippen LogP contribution in [0.1, 0.15) is 20.8 Å². The first-order valence-corrected chi connectivity index (χ1v) is 6.84. The first kappa shape index (κ1) is 17.4. The van der Waals surface area contributed by atoms with Crippen LogP contribution in [-0.2, 0) is 4.79 Å². The topological polar surface area (TPSA) is 70.6 Å². The zero-order valence-corrected chi connectivity index (χ0v) is 12.6. The number of aliphatic hydroxyl groups is 1. The minimum Gasteiger partial charge on any atom is -0.491 e. The van der Waals surface area contributed by atoms with E-state index in [0.717, 1.165) is 0 Å². The summed E-state index contributed by atoms with van der Waals surface area (Å²) in [6.45, 7) is 6.13. The number of benzene rings is 1. The van der Waals surface area contributed by atoms with Gasteiger partial charge in [0.15, 0.2) is 0 Å². The summed E-state index contributed by atoms with van der Waals surface area (Å²) in [5.41, 5.74) is -0.275. The van der Waals surface area contributed by atoms with Crippen molar-refractivity contribution >= 4 is 5.91 Å². The highest BCUT2D eigenvalue weighted by Crippen LogP contribution is 2.11. The summed E-state index contributed by atoms with van der Waals surface area (Å²) in [7, 11) is 0. The molecule has 0 spiro atoms. The maximum absolute atomic E-state index is 12.7. The number of aliphatic hydroxyl groups excluding tert-OH is 1. The highest BCUT2D eigenvalue weighted by molar-refractivity contribution is 5.78. The second-order valence-corrected chi connectivity index (χ2v) is 5.85. The minimum absolute atomic E-state index is 0.0690. The highest BCUT2D eigenvalue weighted by atomic mass is 19.1. The average Bonchev–Trinajstić information content (AvgIpc) is 2.36. The lowest BCUT2D eigenvalue weighted by Crippen LogP contribution is -2.46. The van der Waals surface area contributed by atoms with Gasteiger partial charge in [-0.25, -0.2) is 4.39 Å². The number of ether oxygens (including phenoxy) is 1. The number of amides is 1. The summed E-state index contributed by atoms with van der Waals surface area (Å²) in [4.78, 5) is 11.5. The zero-order chi connectivity index (χ0) is 15.9. The van der Waals surface area contributed by atoms with E-state index in [1.807, 2.05) is 20.8 Å².